The van der Waals surface area contributed by atoms with Crippen LogP contribution in [0, 0.1) is 19.3 Å². The highest BCUT2D eigenvalue weighted by Gasteiger charge is 2.33. The predicted molar refractivity (Wildman–Crippen MR) is 103 cm³/mol. The van der Waals surface area contributed by atoms with Gasteiger partial charge < -0.3 is 4.74 Å². The zero-order valence-corrected chi connectivity index (χ0v) is 16.5. The summed E-state index contributed by atoms with van der Waals surface area (Å²) < 4.78 is 5.62. The van der Waals surface area contributed by atoms with Crippen LogP contribution in [0.2, 0.25) is 0 Å². The molecule has 2 aromatic rings. The fraction of sp³-hybridized carbons (Fsp3) is 0.429. The van der Waals surface area contributed by atoms with Gasteiger partial charge in [0.05, 0.1) is 11.5 Å². The highest BCUT2D eigenvalue weighted by Crippen LogP contribution is 2.31. The van der Waals surface area contributed by atoms with Crippen LogP contribution in [-0.2, 0) is 0 Å². The molecule has 0 radical (unpaired) electrons. The molecular weight excluding hydrogens is 332 g/mol. The zero-order chi connectivity index (χ0) is 18.6. The van der Waals surface area contributed by atoms with Crippen LogP contribution in [0.3, 0.4) is 0 Å². The molecule has 4 heteroatoms. The van der Waals surface area contributed by atoms with Gasteiger partial charge in [0.2, 0.25) is 0 Å². The van der Waals surface area contributed by atoms with Gasteiger partial charge in [0.1, 0.15) is 5.75 Å². The zero-order valence-electron chi connectivity index (χ0n) is 15.6. The summed E-state index contributed by atoms with van der Waals surface area (Å²) in [5.41, 5.74) is 1.77. The van der Waals surface area contributed by atoms with Gasteiger partial charge in [0.15, 0.2) is 11.6 Å². The SMILES string of the molecule is CCCOc1ccc(C(=O)C(C)(C)CC(=O)c2sccc2C)c(C)c1. The van der Waals surface area contributed by atoms with Crippen molar-refractivity contribution >= 4 is 22.9 Å². The average Bonchev–Trinajstić information content (AvgIpc) is 2.98. The molecule has 0 fully saturated rings. The first-order valence-electron chi connectivity index (χ1n) is 8.62. The lowest BCUT2D eigenvalue weighted by molar-refractivity contribution is 0.0768. The summed E-state index contributed by atoms with van der Waals surface area (Å²) in [6.45, 7) is 10.2. The second-order valence-corrected chi connectivity index (χ2v) is 7.99. The van der Waals surface area contributed by atoms with Crippen LogP contribution in [0.15, 0.2) is 29.6 Å². The van der Waals surface area contributed by atoms with Gasteiger partial charge in [0.25, 0.3) is 0 Å². The lowest BCUT2D eigenvalue weighted by Crippen LogP contribution is -2.28. The minimum absolute atomic E-state index is 0.00500. The summed E-state index contributed by atoms with van der Waals surface area (Å²) in [6.07, 6.45) is 1.15. The number of benzene rings is 1. The van der Waals surface area contributed by atoms with Gasteiger partial charge in [-0.25, -0.2) is 0 Å². The molecular formula is C21H26O3S. The first-order valence-corrected chi connectivity index (χ1v) is 9.49. The van der Waals surface area contributed by atoms with E-state index in [2.05, 4.69) is 6.92 Å². The lowest BCUT2D eigenvalue weighted by Gasteiger charge is -2.23. The molecule has 0 spiro atoms. The third kappa shape index (κ3) is 4.57. The largest absolute Gasteiger partial charge is 0.494 e. The maximum Gasteiger partial charge on any atom is 0.174 e. The number of rotatable bonds is 8. The van der Waals surface area contributed by atoms with Gasteiger partial charge in [-0.15, -0.1) is 11.3 Å². The number of aryl methyl sites for hydroxylation is 2. The lowest BCUT2D eigenvalue weighted by atomic mass is 9.78. The first-order chi connectivity index (χ1) is 11.8. The molecule has 0 saturated carbocycles. The van der Waals surface area contributed by atoms with Crippen LogP contribution < -0.4 is 4.74 Å². The summed E-state index contributed by atoms with van der Waals surface area (Å²) in [4.78, 5) is 26.3. The van der Waals surface area contributed by atoms with Crippen molar-refractivity contribution in [3.05, 3.63) is 51.2 Å². The van der Waals surface area contributed by atoms with Crippen LogP contribution in [0.5, 0.6) is 5.75 Å². The van der Waals surface area contributed by atoms with Gasteiger partial charge in [0, 0.05) is 17.4 Å². The van der Waals surface area contributed by atoms with Crippen molar-refractivity contribution in [3.8, 4) is 5.75 Å². The van der Waals surface area contributed by atoms with Crippen molar-refractivity contribution in [2.24, 2.45) is 5.41 Å². The standard InChI is InChI=1S/C21H26O3S/c1-6-10-24-16-7-8-17(15(3)12-16)20(23)21(4,5)13-18(22)19-14(2)9-11-25-19/h7-9,11-12H,6,10,13H2,1-5H3. The smallest absolute Gasteiger partial charge is 0.174 e. The number of Topliss-reactive ketones (excluding diaryl/α,β-unsaturated/α-hetero) is 2. The molecule has 3 nitrogen and oxygen atoms in total. The van der Waals surface area contributed by atoms with Crippen LogP contribution in [-0.4, -0.2) is 18.2 Å². The first kappa shape index (κ1) is 19.4. The van der Waals surface area contributed by atoms with Crippen LogP contribution in [0.4, 0.5) is 0 Å². The summed E-state index contributed by atoms with van der Waals surface area (Å²) >= 11 is 1.44. The average molecular weight is 359 g/mol. The quantitative estimate of drug-likeness (QED) is 0.574. The Morgan fingerprint density at radius 2 is 1.84 bits per heavy atom. The van der Waals surface area contributed by atoms with E-state index in [1.165, 1.54) is 11.3 Å². The topological polar surface area (TPSA) is 43.4 Å². The molecule has 0 atom stereocenters. The molecule has 25 heavy (non-hydrogen) atoms. The normalized spacial score (nSPS) is 11.4. The molecule has 1 aromatic heterocycles. The number of ether oxygens (including phenoxy) is 1. The van der Waals surface area contributed by atoms with Crippen molar-refractivity contribution in [1.82, 2.24) is 0 Å². The van der Waals surface area contributed by atoms with Crippen LogP contribution in [0.25, 0.3) is 0 Å². The van der Waals surface area contributed by atoms with Gasteiger partial charge >= 0.3 is 0 Å². The van der Waals surface area contributed by atoms with Crippen LogP contribution >= 0.6 is 11.3 Å². The summed E-state index contributed by atoms with van der Waals surface area (Å²) in [5.74, 6) is 0.806. The van der Waals surface area contributed by atoms with Crippen molar-refractivity contribution in [2.45, 2.75) is 47.5 Å². The molecule has 134 valence electrons. The summed E-state index contributed by atoms with van der Waals surface area (Å²) in [6, 6.07) is 7.47. The number of thiophene rings is 1. The Morgan fingerprint density at radius 1 is 1.12 bits per heavy atom. The summed E-state index contributed by atoms with van der Waals surface area (Å²) in [7, 11) is 0. The molecule has 0 bridgehead atoms. The van der Waals surface area contributed by atoms with E-state index in [1.54, 1.807) is 0 Å². The number of hydrogen-bond acceptors (Lipinski definition) is 4. The number of hydrogen-bond donors (Lipinski definition) is 0. The number of ketones is 2. The minimum atomic E-state index is -0.746. The molecule has 0 aliphatic carbocycles. The minimum Gasteiger partial charge on any atom is -0.494 e. The number of carbonyl (C=O) groups is 2. The summed E-state index contributed by atoms with van der Waals surface area (Å²) in [5, 5.41) is 1.91. The second kappa shape index (κ2) is 7.96. The van der Waals surface area contributed by atoms with E-state index in [-0.39, 0.29) is 18.0 Å². The van der Waals surface area contributed by atoms with E-state index >= 15 is 0 Å². The third-order valence-electron chi connectivity index (χ3n) is 4.25. The Hall–Kier alpha value is -1.94. The Labute approximate surface area is 154 Å². The molecule has 1 aromatic carbocycles. The van der Waals surface area contributed by atoms with E-state index in [1.807, 2.05) is 57.3 Å². The molecule has 0 amide bonds. The maximum absolute atomic E-state index is 13.0. The Bertz CT molecular complexity index is 771. The van der Waals surface area contributed by atoms with Crippen molar-refractivity contribution in [1.29, 1.82) is 0 Å². The Balaban J connectivity index is 2.17. The molecule has 0 N–H and O–H groups in total. The second-order valence-electron chi connectivity index (χ2n) is 7.07. The van der Waals surface area contributed by atoms with Crippen LogP contribution in [0.1, 0.15) is 64.8 Å². The third-order valence-corrected chi connectivity index (χ3v) is 5.31. The fourth-order valence-corrected chi connectivity index (χ4v) is 3.65. The van der Waals surface area contributed by atoms with E-state index in [0.29, 0.717) is 12.2 Å². The van der Waals surface area contributed by atoms with Gasteiger partial charge in [-0.3, -0.25) is 9.59 Å². The highest BCUT2D eigenvalue weighted by atomic mass is 32.1. The van der Waals surface area contributed by atoms with Gasteiger partial charge in [-0.1, -0.05) is 20.8 Å². The predicted octanol–water partition coefficient (Wildman–Crippen LogP) is 5.64. The number of carbonyl (C=O) groups excluding carboxylic acids is 2. The van der Waals surface area contributed by atoms with Crippen molar-refractivity contribution < 1.29 is 14.3 Å². The Kier molecular flexibility index (Phi) is 6.17. The fourth-order valence-electron chi connectivity index (χ4n) is 2.79. The van der Waals surface area contributed by atoms with Gasteiger partial charge in [-0.05, 0) is 61.0 Å². The Morgan fingerprint density at radius 3 is 2.40 bits per heavy atom. The van der Waals surface area contributed by atoms with Gasteiger partial charge in [-0.2, -0.15) is 0 Å². The van der Waals surface area contributed by atoms with Crippen molar-refractivity contribution in [3.63, 3.8) is 0 Å². The molecule has 2 rings (SSSR count). The molecule has 0 saturated heterocycles. The van der Waals surface area contributed by atoms with E-state index in [0.717, 1.165) is 28.2 Å². The molecule has 0 aliphatic heterocycles. The van der Waals surface area contributed by atoms with Crippen molar-refractivity contribution in [2.75, 3.05) is 6.61 Å². The molecule has 0 aliphatic rings. The molecule has 0 unspecified atom stereocenters. The van der Waals surface area contributed by atoms with E-state index in [4.69, 9.17) is 4.74 Å². The maximum atomic E-state index is 13.0. The molecule has 1 heterocycles. The monoisotopic (exact) mass is 358 g/mol. The highest BCUT2D eigenvalue weighted by molar-refractivity contribution is 7.12. The van der Waals surface area contributed by atoms with E-state index in [9.17, 15) is 9.59 Å². The van der Waals surface area contributed by atoms with E-state index < -0.39 is 5.41 Å².